The lowest BCUT2D eigenvalue weighted by atomic mass is 10.2. The molecule has 0 aliphatic heterocycles. The van der Waals surface area contributed by atoms with E-state index in [1.165, 1.54) is 24.0 Å². The molecule has 13 heteroatoms. The van der Waals surface area contributed by atoms with Crippen molar-refractivity contribution in [3.63, 3.8) is 0 Å². The molecule has 0 bridgehead atoms. The lowest BCUT2D eigenvalue weighted by Crippen LogP contribution is -2.18. The van der Waals surface area contributed by atoms with Crippen LogP contribution in [0.5, 0.6) is 5.75 Å². The van der Waals surface area contributed by atoms with Crippen LogP contribution >= 0.6 is 51.5 Å². The number of carbonyl (C=O) groups excluding carboxylic acids is 2. The van der Waals surface area contributed by atoms with Crippen molar-refractivity contribution in [1.29, 1.82) is 0 Å². The summed E-state index contributed by atoms with van der Waals surface area (Å²) in [4.78, 5) is 24.8. The van der Waals surface area contributed by atoms with E-state index in [-0.39, 0.29) is 10.5 Å². The van der Waals surface area contributed by atoms with Crippen molar-refractivity contribution in [2.45, 2.75) is 6.92 Å². The van der Waals surface area contributed by atoms with Crippen molar-refractivity contribution < 1.29 is 23.2 Å². The van der Waals surface area contributed by atoms with Gasteiger partial charge in [-0.15, -0.1) is 0 Å². The monoisotopic (exact) mass is 508 g/mol. The third kappa shape index (κ3) is 10.0. The number of rotatable bonds is 4. The second-order valence-corrected chi connectivity index (χ2v) is 11.4. The van der Waals surface area contributed by atoms with Crippen LogP contribution in [-0.2, 0) is 20.9 Å². The van der Waals surface area contributed by atoms with Crippen LogP contribution in [0.1, 0.15) is 5.56 Å². The Morgan fingerprint density at radius 2 is 1.32 bits per heavy atom. The number of halogens is 2. The Kier molecular flexibility index (Phi) is 13.1. The molecule has 0 saturated heterocycles. The Hall–Kier alpha value is -0.190. The van der Waals surface area contributed by atoms with Crippen molar-refractivity contribution in [2.75, 3.05) is 42.4 Å². The van der Waals surface area contributed by atoms with Crippen LogP contribution in [0.25, 0.3) is 0 Å². The smallest absolute Gasteiger partial charge is 0.380 e. The number of benzene rings is 1. The number of amides is 2. The van der Waals surface area contributed by atoms with E-state index in [2.05, 4.69) is 0 Å². The molecule has 160 valence electrons. The minimum Gasteiger partial charge on any atom is -0.421 e. The predicted molar refractivity (Wildman–Crippen MR) is 123 cm³/mol. The number of aryl methyl sites for hydroxylation is 1. The van der Waals surface area contributed by atoms with E-state index in [1.54, 1.807) is 40.3 Å². The van der Waals surface area contributed by atoms with Crippen LogP contribution in [0, 0.1) is 6.92 Å². The van der Waals surface area contributed by atoms with Gasteiger partial charge < -0.3 is 23.4 Å². The number of nitrogens with zero attached hydrogens (tertiary/aromatic N) is 2. The second-order valence-electron chi connectivity index (χ2n) is 5.45. The SMILES string of the molecule is CN(C)C(=O)SSC(=O)N(C)C.COP(=S)(OC)Oc1c(Cl)cc(C)cc1Cl. The standard InChI is InChI=1S/C9H11Cl2O3PS.C6H12N2O2S2/c1-6-4-7(10)9(8(11)5-6)14-15(16,12-2)13-3;1-7(2)5(9)11-12-6(10)8(3)4/h4-5H,1-3H3;1-4H3. The average molecular weight is 509 g/mol. The molecular formula is C15H23Cl2N2O5PS3. The van der Waals surface area contributed by atoms with E-state index in [0.717, 1.165) is 27.2 Å². The summed E-state index contributed by atoms with van der Waals surface area (Å²) in [5.74, 6) is 0.293. The van der Waals surface area contributed by atoms with Gasteiger partial charge in [0.05, 0.1) is 10.0 Å². The second kappa shape index (κ2) is 13.2. The van der Waals surface area contributed by atoms with Crippen molar-refractivity contribution >= 4 is 73.8 Å². The lowest BCUT2D eigenvalue weighted by molar-refractivity contribution is 0.240. The average Bonchev–Trinajstić information content (AvgIpc) is 2.62. The molecule has 0 atom stereocenters. The largest absolute Gasteiger partial charge is 0.421 e. The van der Waals surface area contributed by atoms with Gasteiger partial charge in [-0.25, -0.2) is 0 Å². The first kappa shape index (κ1) is 27.8. The molecule has 0 aliphatic rings. The highest BCUT2D eigenvalue weighted by Gasteiger charge is 2.22. The third-order valence-electron chi connectivity index (χ3n) is 2.71. The van der Waals surface area contributed by atoms with E-state index in [0.29, 0.717) is 15.8 Å². The molecule has 0 aromatic heterocycles. The van der Waals surface area contributed by atoms with E-state index >= 15 is 0 Å². The van der Waals surface area contributed by atoms with Crippen molar-refractivity contribution in [3.05, 3.63) is 27.7 Å². The van der Waals surface area contributed by atoms with Crippen molar-refractivity contribution in [1.82, 2.24) is 9.80 Å². The number of hydrogen-bond acceptors (Lipinski definition) is 8. The van der Waals surface area contributed by atoms with E-state index in [1.807, 2.05) is 6.92 Å². The number of hydrogen-bond donors (Lipinski definition) is 0. The fraction of sp³-hybridized carbons (Fsp3) is 0.467. The first-order valence-electron chi connectivity index (χ1n) is 7.50. The quantitative estimate of drug-likeness (QED) is 0.366. The predicted octanol–water partition coefficient (Wildman–Crippen LogP) is 5.93. The highest BCUT2D eigenvalue weighted by molar-refractivity contribution is 8.87. The summed E-state index contributed by atoms with van der Waals surface area (Å²) in [6.07, 6.45) is 0. The van der Waals surface area contributed by atoms with Crippen LogP contribution in [0.4, 0.5) is 9.59 Å². The Morgan fingerprint density at radius 3 is 1.61 bits per heavy atom. The van der Waals surface area contributed by atoms with E-state index in [9.17, 15) is 9.59 Å². The van der Waals surface area contributed by atoms with Crippen molar-refractivity contribution in [2.24, 2.45) is 0 Å². The molecule has 0 fully saturated rings. The summed E-state index contributed by atoms with van der Waals surface area (Å²) in [6.45, 7) is -0.928. The zero-order valence-electron chi connectivity index (χ0n) is 16.5. The molecule has 0 heterocycles. The zero-order chi connectivity index (χ0) is 22.1. The van der Waals surface area contributed by atoms with Gasteiger partial charge in [-0.3, -0.25) is 9.59 Å². The van der Waals surface area contributed by atoms with Gasteiger partial charge in [0.1, 0.15) is 0 Å². The summed E-state index contributed by atoms with van der Waals surface area (Å²) in [5.41, 5.74) is 0.936. The van der Waals surface area contributed by atoms with Crippen LogP contribution < -0.4 is 4.52 Å². The van der Waals surface area contributed by atoms with Gasteiger partial charge in [0.2, 0.25) is 0 Å². The Morgan fingerprint density at radius 1 is 0.964 bits per heavy atom. The van der Waals surface area contributed by atoms with Crippen LogP contribution in [0.15, 0.2) is 12.1 Å². The molecule has 0 saturated carbocycles. The first-order valence-corrected chi connectivity index (χ1v) is 13.0. The molecule has 1 rings (SSSR count). The topological polar surface area (TPSA) is 68.3 Å². The fourth-order valence-corrected chi connectivity index (χ4v) is 4.74. The minimum atomic E-state index is -2.81. The van der Waals surface area contributed by atoms with Crippen LogP contribution in [-0.4, -0.2) is 62.7 Å². The molecule has 7 nitrogen and oxygen atoms in total. The van der Waals surface area contributed by atoms with Gasteiger partial charge in [-0.2, -0.15) is 0 Å². The minimum absolute atomic E-state index is 0.129. The normalized spacial score (nSPS) is 10.6. The maximum Gasteiger partial charge on any atom is 0.380 e. The summed E-state index contributed by atoms with van der Waals surface area (Å²) < 4.78 is 15.4. The Balaban J connectivity index is 0.000000546. The highest BCUT2D eigenvalue weighted by Crippen LogP contribution is 2.51. The van der Waals surface area contributed by atoms with Crippen LogP contribution in [0.3, 0.4) is 0 Å². The molecule has 28 heavy (non-hydrogen) atoms. The Bertz CT molecular complexity index is 687. The van der Waals surface area contributed by atoms with Gasteiger partial charge >= 0.3 is 6.72 Å². The zero-order valence-corrected chi connectivity index (χ0v) is 21.4. The fourth-order valence-electron chi connectivity index (χ4n) is 1.26. The molecule has 0 spiro atoms. The number of carbonyl (C=O) groups is 2. The third-order valence-corrected chi connectivity index (χ3v) is 7.89. The van der Waals surface area contributed by atoms with Gasteiger partial charge in [-0.1, -0.05) is 23.2 Å². The summed E-state index contributed by atoms with van der Waals surface area (Å²) in [6, 6.07) is 3.46. The molecular weight excluding hydrogens is 486 g/mol. The molecule has 2 amide bonds. The van der Waals surface area contributed by atoms with E-state index in [4.69, 9.17) is 48.6 Å². The van der Waals surface area contributed by atoms with Gasteiger partial charge in [0.25, 0.3) is 10.5 Å². The summed E-state index contributed by atoms with van der Waals surface area (Å²) >= 11 is 17.1. The maximum absolute atomic E-state index is 11.0. The van der Waals surface area contributed by atoms with E-state index < -0.39 is 6.72 Å². The lowest BCUT2D eigenvalue weighted by Gasteiger charge is -2.19. The molecule has 1 aromatic rings. The van der Waals surface area contributed by atoms with Gasteiger partial charge in [0.15, 0.2) is 5.75 Å². The molecule has 0 radical (unpaired) electrons. The van der Waals surface area contributed by atoms with Gasteiger partial charge in [-0.05, 0) is 24.6 Å². The summed E-state index contributed by atoms with van der Waals surface area (Å²) in [5, 5.41) is 0.507. The first-order chi connectivity index (χ1) is 12.9. The molecule has 1 aromatic carbocycles. The van der Waals surface area contributed by atoms with Crippen LogP contribution in [0.2, 0.25) is 10.0 Å². The van der Waals surface area contributed by atoms with Gasteiger partial charge in [0, 0.05) is 75.8 Å². The highest BCUT2D eigenvalue weighted by atomic mass is 35.5. The Labute approximate surface area is 189 Å². The van der Waals surface area contributed by atoms with Crippen molar-refractivity contribution in [3.8, 4) is 5.75 Å². The molecule has 0 N–H and O–H groups in total. The molecule has 0 unspecified atom stereocenters. The molecule has 0 aliphatic carbocycles. The maximum atomic E-state index is 11.0. The summed E-state index contributed by atoms with van der Waals surface area (Å²) in [7, 11) is 11.3.